The molecule has 2 aromatic rings. The SMILES string of the molecule is COc1ccc(COc2ccc(N)cc2Cl)c(F)c1. The fourth-order valence-electron chi connectivity index (χ4n) is 1.56. The zero-order chi connectivity index (χ0) is 13.8. The van der Waals surface area contributed by atoms with Crippen molar-refractivity contribution in [1.82, 2.24) is 0 Å². The second-order valence-electron chi connectivity index (χ2n) is 3.94. The number of nitrogens with two attached hydrogens (primary N) is 1. The van der Waals surface area contributed by atoms with Crippen molar-refractivity contribution in [3.8, 4) is 11.5 Å². The summed E-state index contributed by atoms with van der Waals surface area (Å²) < 4.78 is 24.1. The van der Waals surface area contributed by atoms with Gasteiger partial charge in [0.05, 0.1) is 12.1 Å². The van der Waals surface area contributed by atoms with Crippen molar-refractivity contribution >= 4 is 17.3 Å². The lowest BCUT2D eigenvalue weighted by Gasteiger charge is -2.10. The second-order valence-corrected chi connectivity index (χ2v) is 4.34. The maximum Gasteiger partial charge on any atom is 0.138 e. The molecular weight excluding hydrogens is 269 g/mol. The Hall–Kier alpha value is -1.94. The summed E-state index contributed by atoms with van der Waals surface area (Å²) in [6, 6.07) is 9.50. The standard InChI is InChI=1S/C14H13ClFNO2/c1-18-11-4-2-9(13(16)7-11)8-19-14-5-3-10(17)6-12(14)15/h2-7H,8,17H2,1H3. The molecule has 2 rings (SSSR count). The number of hydrogen-bond acceptors (Lipinski definition) is 3. The fraction of sp³-hybridized carbons (Fsp3) is 0.143. The summed E-state index contributed by atoms with van der Waals surface area (Å²) in [5, 5.41) is 0.397. The van der Waals surface area contributed by atoms with Gasteiger partial charge in [0, 0.05) is 17.3 Å². The van der Waals surface area contributed by atoms with E-state index in [2.05, 4.69) is 0 Å². The minimum Gasteiger partial charge on any atom is -0.497 e. The molecule has 0 saturated carbocycles. The molecule has 2 N–H and O–H groups in total. The van der Waals surface area contributed by atoms with Crippen LogP contribution < -0.4 is 15.2 Å². The number of nitrogen functional groups attached to an aromatic ring is 1. The molecule has 0 radical (unpaired) electrons. The van der Waals surface area contributed by atoms with Gasteiger partial charge in [-0.05, 0) is 30.3 Å². The van der Waals surface area contributed by atoms with E-state index in [0.717, 1.165) is 0 Å². The fourth-order valence-corrected chi connectivity index (χ4v) is 1.81. The van der Waals surface area contributed by atoms with E-state index >= 15 is 0 Å². The minimum atomic E-state index is -0.383. The highest BCUT2D eigenvalue weighted by atomic mass is 35.5. The van der Waals surface area contributed by atoms with Crippen LogP contribution in [0.3, 0.4) is 0 Å². The van der Waals surface area contributed by atoms with Gasteiger partial charge in [0.1, 0.15) is 23.9 Å². The van der Waals surface area contributed by atoms with Crippen LogP contribution in [-0.4, -0.2) is 7.11 Å². The average molecular weight is 282 g/mol. The molecule has 0 saturated heterocycles. The van der Waals surface area contributed by atoms with Gasteiger partial charge >= 0.3 is 0 Å². The van der Waals surface area contributed by atoms with Crippen molar-refractivity contribution in [2.75, 3.05) is 12.8 Å². The molecule has 3 nitrogen and oxygen atoms in total. The molecular formula is C14H13ClFNO2. The number of rotatable bonds is 4. The highest BCUT2D eigenvalue weighted by Gasteiger charge is 2.07. The van der Waals surface area contributed by atoms with Crippen molar-refractivity contribution in [1.29, 1.82) is 0 Å². The molecule has 0 heterocycles. The van der Waals surface area contributed by atoms with Crippen LogP contribution >= 0.6 is 11.6 Å². The lowest BCUT2D eigenvalue weighted by Crippen LogP contribution is -1.99. The highest BCUT2D eigenvalue weighted by Crippen LogP contribution is 2.27. The largest absolute Gasteiger partial charge is 0.497 e. The lowest BCUT2D eigenvalue weighted by atomic mass is 10.2. The van der Waals surface area contributed by atoms with Gasteiger partial charge in [0.15, 0.2) is 0 Å². The summed E-state index contributed by atoms with van der Waals surface area (Å²) in [5.41, 5.74) is 6.55. The third kappa shape index (κ3) is 3.29. The van der Waals surface area contributed by atoms with Crippen LogP contribution in [0.4, 0.5) is 10.1 Å². The van der Waals surface area contributed by atoms with Gasteiger partial charge < -0.3 is 15.2 Å². The molecule has 0 atom stereocenters. The summed E-state index contributed by atoms with van der Waals surface area (Å²) >= 11 is 5.96. The van der Waals surface area contributed by atoms with Crippen LogP contribution in [-0.2, 0) is 6.61 Å². The molecule has 0 fully saturated rings. The molecule has 2 aromatic carbocycles. The second kappa shape index (κ2) is 5.80. The molecule has 5 heteroatoms. The number of anilines is 1. The van der Waals surface area contributed by atoms with E-state index in [1.165, 1.54) is 13.2 Å². The van der Waals surface area contributed by atoms with E-state index < -0.39 is 0 Å². The Morgan fingerprint density at radius 1 is 1.21 bits per heavy atom. The quantitative estimate of drug-likeness (QED) is 0.870. The molecule has 0 aliphatic heterocycles. The van der Waals surface area contributed by atoms with Crippen LogP contribution in [0.15, 0.2) is 36.4 Å². The van der Waals surface area contributed by atoms with Crippen molar-refractivity contribution in [2.24, 2.45) is 0 Å². The predicted octanol–water partition coefficient (Wildman–Crippen LogP) is 3.65. The Morgan fingerprint density at radius 2 is 2.00 bits per heavy atom. The molecule has 0 spiro atoms. The van der Waals surface area contributed by atoms with Crippen LogP contribution in [0.2, 0.25) is 5.02 Å². The first-order chi connectivity index (χ1) is 9.10. The first-order valence-corrected chi connectivity index (χ1v) is 5.98. The highest BCUT2D eigenvalue weighted by molar-refractivity contribution is 6.32. The van der Waals surface area contributed by atoms with Crippen LogP contribution in [0.5, 0.6) is 11.5 Å². The molecule has 0 unspecified atom stereocenters. The maximum atomic E-state index is 13.7. The van der Waals surface area contributed by atoms with E-state index in [4.69, 9.17) is 26.8 Å². The van der Waals surface area contributed by atoms with Crippen LogP contribution in [0, 0.1) is 5.82 Å². The van der Waals surface area contributed by atoms with Gasteiger partial charge in [-0.1, -0.05) is 11.6 Å². The molecule has 0 amide bonds. The van der Waals surface area contributed by atoms with Gasteiger partial charge in [0.2, 0.25) is 0 Å². The third-order valence-electron chi connectivity index (χ3n) is 2.60. The van der Waals surface area contributed by atoms with E-state index in [9.17, 15) is 4.39 Å². The van der Waals surface area contributed by atoms with Crippen molar-refractivity contribution in [3.05, 3.63) is 52.8 Å². The topological polar surface area (TPSA) is 44.5 Å². The van der Waals surface area contributed by atoms with Crippen molar-refractivity contribution in [2.45, 2.75) is 6.61 Å². The number of benzene rings is 2. The Labute approximate surface area is 115 Å². The summed E-state index contributed by atoms with van der Waals surface area (Å²) in [6.45, 7) is 0.0828. The summed E-state index contributed by atoms with van der Waals surface area (Å²) in [7, 11) is 1.49. The van der Waals surface area contributed by atoms with E-state index in [-0.39, 0.29) is 12.4 Å². The van der Waals surface area contributed by atoms with E-state index in [0.29, 0.717) is 27.8 Å². The minimum absolute atomic E-state index is 0.0828. The normalized spacial score (nSPS) is 10.3. The van der Waals surface area contributed by atoms with Gasteiger partial charge in [-0.3, -0.25) is 0 Å². The lowest BCUT2D eigenvalue weighted by molar-refractivity contribution is 0.299. The Balaban J connectivity index is 2.10. The van der Waals surface area contributed by atoms with Crippen LogP contribution in [0.25, 0.3) is 0 Å². The third-order valence-corrected chi connectivity index (χ3v) is 2.89. The molecule has 19 heavy (non-hydrogen) atoms. The molecule has 0 aromatic heterocycles. The van der Waals surface area contributed by atoms with Gasteiger partial charge in [-0.2, -0.15) is 0 Å². The molecule has 0 aliphatic rings. The molecule has 0 bridgehead atoms. The van der Waals surface area contributed by atoms with Gasteiger partial charge in [0.25, 0.3) is 0 Å². The average Bonchev–Trinajstić information content (AvgIpc) is 2.39. The zero-order valence-electron chi connectivity index (χ0n) is 10.3. The van der Waals surface area contributed by atoms with Crippen LogP contribution in [0.1, 0.15) is 5.56 Å². The zero-order valence-corrected chi connectivity index (χ0v) is 11.1. The summed E-state index contributed by atoms with van der Waals surface area (Å²) in [5.74, 6) is 0.545. The molecule has 100 valence electrons. The Kier molecular flexibility index (Phi) is 4.12. The van der Waals surface area contributed by atoms with Gasteiger partial charge in [-0.15, -0.1) is 0 Å². The van der Waals surface area contributed by atoms with E-state index in [1.807, 2.05) is 0 Å². The smallest absolute Gasteiger partial charge is 0.138 e. The van der Waals surface area contributed by atoms with E-state index in [1.54, 1.807) is 30.3 Å². The Morgan fingerprint density at radius 3 is 2.63 bits per heavy atom. The molecule has 0 aliphatic carbocycles. The number of ether oxygens (including phenoxy) is 2. The summed E-state index contributed by atoms with van der Waals surface area (Å²) in [4.78, 5) is 0. The summed E-state index contributed by atoms with van der Waals surface area (Å²) in [6.07, 6.45) is 0. The number of methoxy groups -OCH3 is 1. The Bertz CT molecular complexity index is 590. The first-order valence-electron chi connectivity index (χ1n) is 5.60. The first kappa shape index (κ1) is 13.5. The number of hydrogen-bond donors (Lipinski definition) is 1. The number of halogens is 2. The maximum absolute atomic E-state index is 13.7. The van der Waals surface area contributed by atoms with Crippen molar-refractivity contribution in [3.63, 3.8) is 0 Å². The van der Waals surface area contributed by atoms with Gasteiger partial charge in [-0.25, -0.2) is 4.39 Å². The predicted molar refractivity (Wildman–Crippen MR) is 73.1 cm³/mol. The monoisotopic (exact) mass is 281 g/mol. The van der Waals surface area contributed by atoms with Crippen molar-refractivity contribution < 1.29 is 13.9 Å².